The number of benzene rings is 1. The van der Waals surface area contributed by atoms with E-state index in [0.717, 1.165) is 0 Å². The largest absolute Gasteiger partial charge is 0.422 e. The summed E-state index contributed by atoms with van der Waals surface area (Å²) in [6, 6.07) is 4.95. The normalized spacial score (nSPS) is 12.6. The van der Waals surface area contributed by atoms with Crippen LogP contribution in [0.25, 0.3) is 5.76 Å². The van der Waals surface area contributed by atoms with Gasteiger partial charge in [-0.05, 0) is 32.0 Å². The third-order valence-corrected chi connectivity index (χ3v) is 5.27. The molecule has 3 nitrogen and oxygen atoms in total. The Morgan fingerprint density at radius 3 is 2.35 bits per heavy atom. The van der Waals surface area contributed by atoms with Gasteiger partial charge in [-0.1, -0.05) is 34.8 Å². The van der Waals surface area contributed by atoms with Crippen LogP contribution in [0, 0.1) is 0 Å². The average Bonchev–Trinajstić information content (AvgIpc) is 2.40. The van der Waals surface area contributed by atoms with Crippen molar-refractivity contribution in [2.45, 2.75) is 13.8 Å². The second-order valence-corrected chi connectivity index (χ2v) is 7.47. The lowest BCUT2D eigenvalue weighted by atomic mass is 10.2. The molecular formula is C12H14Cl3O3PS. The molecule has 0 spiro atoms. The number of rotatable bonds is 7. The van der Waals surface area contributed by atoms with E-state index in [1.165, 1.54) is 5.54 Å². The molecule has 0 aliphatic rings. The third kappa shape index (κ3) is 5.19. The fourth-order valence-electron chi connectivity index (χ4n) is 1.34. The molecule has 0 radical (unpaired) electrons. The maximum Gasteiger partial charge on any atom is 0.380 e. The molecule has 0 aliphatic heterocycles. The summed E-state index contributed by atoms with van der Waals surface area (Å²) in [5.41, 5.74) is 1.76. The van der Waals surface area contributed by atoms with Crippen molar-refractivity contribution < 1.29 is 13.6 Å². The van der Waals surface area contributed by atoms with Gasteiger partial charge in [0.15, 0.2) is 0 Å². The van der Waals surface area contributed by atoms with E-state index in [2.05, 4.69) is 0 Å². The summed E-state index contributed by atoms with van der Waals surface area (Å²) in [5, 5.41) is 0.945. The van der Waals surface area contributed by atoms with E-state index in [0.29, 0.717) is 28.8 Å². The van der Waals surface area contributed by atoms with E-state index >= 15 is 0 Å². The molecular weight excluding hydrogens is 362 g/mol. The van der Waals surface area contributed by atoms with Crippen LogP contribution in [0.1, 0.15) is 19.4 Å². The van der Waals surface area contributed by atoms with Crippen LogP contribution in [0.2, 0.25) is 10.0 Å². The van der Waals surface area contributed by atoms with E-state index in [4.69, 9.17) is 60.2 Å². The fraction of sp³-hybridized carbons (Fsp3) is 0.333. The molecule has 0 heterocycles. The van der Waals surface area contributed by atoms with E-state index in [1.54, 1.807) is 32.0 Å². The molecule has 20 heavy (non-hydrogen) atoms. The number of hydrogen-bond acceptors (Lipinski definition) is 4. The molecule has 0 saturated carbocycles. The zero-order valence-corrected chi connectivity index (χ0v) is 14.9. The highest BCUT2D eigenvalue weighted by molar-refractivity contribution is 8.07. The first-order valence-electron chi connectivity index (χ1n) is 5.80. The average molecular weight is 376 g/mol. The topological polar surface area (TPSA) is 27.7 Å². The van der Waals surface area contributed by atoms with Crippen LogP contribution in [0.5, 0.6) is 0 Å². The van der Waals surface area contributed by atoms with Gasteiger partial charge in [0, 0.05) is 27.9 Å². The van der Waals surface area contributed by atoms with Gasteiger partial charge in [-0.2, -0.15) is 0 Å². The van der Waals surface area contributed by atoms with Gasteiger partial charge in [-0.15, -0.1) is 0 Å². The predicted octanol–water partition coefficient (Wildman–Crippen LogP) is 5.84. The summed E-state index contributed by atoms with van der Waals surface area (Å²) in [7, 11) is 0. The van der Waals surface area contributed by atoms with Crippen LogP contribution >= 0.6 is 41.5 Å². The Kier molecular flexibility index (Phi) is 7.84. The highest BCUT2D eigenvalue weighted by Gasteiger charge is 2.24. The minimum atomic E-state index is -2.91. The van der Waals surface area contributed by atoms with Crippen LogP contribution in [-0.4, -0.2) is 13.2 Å². The Labute approximate surface area is 139 Å². The van der Waals surface area contributed by atoms with Crippen LogP contribution in [0.15, 0.2) is 23.7 Å². The third-order valence-electron chi connectivity index (χ3n) is 2.08. The van der Waals surface area contributed by atoms with Gasteiger partial charge in [0.2, 0.25) is 0 Å². The van der Waals surface area contributed by atoms with Crippen molar-refractivity contribution in [3.05, 3.63) is 39.3 Å². The predicted molar refractivity (Wildman–Crippen MR) is 88.9 cm³/mol. The zero-order valence-electron chi connectivity index (χ0n) is 10.9. The minimum absolute atomic E-state index is 0.268. The van der Waals surface area contributed by atoms with Gasteiger partial charge in [-0.3, -0.25) is 9.05 Å². The molecule has 0 bridgehead atoms. The van der Waals surface area contributed by atoms with Gasteiger partial charge < -0.3 is 4.52 Å². The fourth-order valence-corrected chi connectivity index (χ4v) is 4.03. The lowest BCUT2D eigenvalue weighted by Crippen LogP contribution is -2.00. The maximum atomic E-state index is 6.11. The molecule has 0 atom stereocenters. The molecule has 0 saturated heterocycles. The standard InChI is InChI=1S/C12H14Cl3O3PS/c1-3-16-19(20,17-4-2)18-12(8-13)10-7-9(14)5-6-11(10)15/h5-8H,3-4H2,1-2H3. The van der Waals surface area contributed by atoms with Crippen LogP contribution in [-0.2, 0) is 25.4 Å². The lowest BCUT2D eigenvalue weighted by molar-refractivity contribution is 0.210. The molecule has 0 unspecified atom stereocenters. The van der Waals surface area contributed by atoms with Crippen molar-refractivity contribution in [3.63, 3.8) is 0 Å². The first kappa shape index (κ1) is 18.2. The zero-order chi connectivity index (χ0) is 15.2. The van der Waals surface area contributed by atoms with Gasteiger partial charge >= 0.3 is 6.72 Å². The lowest BCUT2D eigenvalue weighted by Gasteiger charge is -2.22. The Bertz CT molecular complexity index is 527. The second-order valence-electron chi connectivity index (χ2n) is 3.47. The summed E-state index contributed by atoms with van der Waals surface area (Å²) >= 11 is 23.2. The molecule has 0 aromatic heterocycles. The van der Waals surface area contributed by atoms with E-state index in [-0.39, 0.29) is 5.76 Å². The van der Waals surface area contributed by atoms with Crippen molar-refractivity contribution in [1.29, 1.82) is 0 Å². The molecule has 8 heteroatoms. The first-order chi connectivity index (χ1) is 9.45. The van der Waals surface area contributed by atoms with E-state index < -0.39 is 6.72 Å². The van der Waals surface area contributed by atoms with Crippen LogP contribution in [0.3, 0.4) is 0 Å². The molecule has 0 amide bonds. The van der Waals surface area contributed by atoms with E-state index in [1.807, 2.05) is 0 Å². The van der Waals surface area contributed by atoms with Crippen LogP contribution < -0.4 is 0 Å². The Balaban J connectivity index is 3.08. The molecule has 0 fully saturated rings. The summed E-state index contributed by atoms with van der Waals surface area (Å²) in [5.74, 6) is 0.268. The molecule has 1 rings (SSSR count). The van der Waals surface area contributed by atoms with Crippen molar-refractivity contribution >= 4 is 59.1 Å². The number of hydrogen-bond donors (Lipinski definition) is 0. The summed E-state index contributed by atoms with van der Waals surface area (Å²) in [6.45, 7) is 1.44. The van der Waals surface area contributed by atoms with Crippen molar-refractivity contribution in [2.75, 3.05) is 13.2 Å². The molecule has 112 valence electrons. The molecule has 1 aromatic rings. The van der Waals surface area contributed by atoms with Gasteiger partial charge in [-0.25, -0.2) is 0 Å². The van der Waals surface area contributed by atoms with Crippen LogP contribution in [0.4, 0.5) is 0 Å². The van der Waals surface area contributed by atoms with Gasteiger partial charge in [0.1, 0.15) is 5.76 Å². The van der Waals surface area contributed by atoms with E-state index in [9.17, 15) is 0 Å². The smallest absolute Gasteiger partial charge is 0.380 e. The quantitative estimate of drug-likeness (QED) is 0.442. The maximum absolute atomic E-state index is 6.11. The Morgan fingerprint density at radius 1 is 1.25 bits per heavy atom. The van der Waals surface area contributed by atoms with Gasteiger partial charge in [0.05, 0.1) is 18.2 Å². The molecule has 1 aromatic carbocycles. The van der Waals surface area contributed by atoms with Crippen molar-refractivity contribution in [2.24, 2.45) is 0 Å². The van der Waals surface area contributed by atoms with Gasteiger partial charge in [0.25, 0.3) is 0 Å². The first-order valence-corrected chi connectivity index (χ1v) is 9.55. The Hall–Kier alpha value is 0.200. The van der Waals surface area contributed by atoms with Crippen molar-refractivity contribution in [3.8, 4) is 0 Å². The monoisotopic (exact) mass is 374 g/mol. The number of halogens is 3. The Morgan fingerprint density at radius 2 is 1.85 bits per heavy atom. The summed E-state index contributed by atoms with van der Waals surface area (Å²) in [6.07, 6.45) is 0. The van der Waals surface area contributed by atoms with Crippen molar-refractivity contribution in [1.82, 2.24) is 0 Å². The summed E-state index contributed by atoms with van der Waals surface area (Å²) < 4.78 is 16.5. The summed E-state index contributed by atoms with van der Waals surface area (Å²) in [4.78, 5) is 0. The highest BCUT2D eigenvalue weighted by Crippen LogP contribution is 2.53. The highest BCUT2D eigenvalue weighted by atomic mass is 35.5. The SMILES string of the molecule is CCOP(=S)(OCC)OC(=CCl)c1cc(Cl)ccc1Cl. The molecule has 0 N–H and O–H groups in total. The second kappa shape index (κ2) is 8.60. The molecule has 0 aliphatic carbocycles. The minimum Gasteiger partial charge on any atom is -0.422 e.